The molecule has 0 saturated heterocycles. The summed E-state index contributed by atoms with van der Waals surface area (Å²) in [5, 5.41) is 6.08. The fourth-order valence-corrected chi connectivity index (χ4v) is 2.81. The lowest BCUT2D eigenvalue weighted by molar-refractivity contribution is 0.288. The molecule has 0 amide bonds. The molecule has 2 aromatic rings. The SMILES string of the molecule is CCOc1ccc(NCc2cc(Cl)cs2)cc1OCC. The van der Waals surface area contributed by atoms with Gasteiger partial charge in [-0.2, -0.15) is 0 Å². The van der Waals surface area contributed by atoms with Crippen molar-refractivity contribution in [3.05, 3.63) is 39.5 Å². The van der Waals surface area contributed by atoms with Crippen molar-refractivity contribution in [1.29, 1.82) is 0 Å². The number of thiophene rings is 1. The Hall–Kier alpha value is -1.39. The average molecular weight is 312 g/mol. The molecule has 2 rings (SSSR count). The second-order valence-electron chi connectivity index (χ2n) is 4.11. The van der Waals surface area contributed by atoms with Crippen LogP contribution in [0, 0.1) is 0 Å². The third kappa shape index (κ3) is 4.05. The van der Waals surface area contributed by atoms with Crippen molar-refractivity contribution in [1.82, 2.24) is 0 Å². The van der Waals surface area contributed by atoms with Gasteiger partial charge in [-0.25, -0.2) is 0 Å². The van der Waals surface area contributed by atoms with Gasteiger partial charge in [-0.15, -0.1) is 11.3 Å². The zero-order valence-corrected chi connectivity index (χ0v) is 13.2. The smallest absolute Gasteiger partial charge is 0.163 e. The van der Waals surface area contributed by atoms with E-state index in [0.29, 0.717) is 13.2 Å². The first-order valence-corrected chi connectivity index (χ1v) is 7.85. The van der Waals surface area contributed by atoms with Crippen LogP contribution >= 0.6 is 22.9 Å². The Labute approximate surface area is 128 Å². The molecule has 0 unspecified atom stereocenters. The highest BCUT2D eigenvalue weighted by Gasteiger charge is 2.06. The highest BCUT2D eigenvalue weighted by Crippen LogP contribution is 2.31. The molecule has 0 bridgehead atoms. The molecule has 0 aliphatic carbocycles. The van der Waals surface area contributed by atoms with Gasteiger partial charge in [0, 0.05) is 28.6 Å². The molecule has 20 heavy (non-hydrogen) atoms. The first-order chi connectivity index (χ1) is 9.72. The summed E-state index contributed by atoms with van der Waals surface area (Å²) in [6, 6.07) is 7.85. The lowest BCUT2D eigenvalue weighted by Gasteiger charge is -2.13. The highest BCUT2D eigenvalue weighted by atomic mass is 35.5. The van der Waals surface area contributed by atoms with Crippen LogP contribution < -0.4 is 14.8 Å². The maximum atomic E-state index is 5.91. The fourth-order valence-electron chi connectivity index (χ4n) is 1.80. The molecular weight excluding hydrogens is 294 g/mol. The van der Waals surface area contributed by atoms with Gasteiger partial charge in [-0.05, 0) is 32.0 Å². The predicted octanol–water partition coefficient (Wildman–Crippen LogP) is 4.81. The summed E-state index contributed by atoms with van der Waals surface area (Å²) < 4.78 is 11.1. The largest absolute Gasteiger partial charge is 0.490 e. The fraction of sp³-hybridized carbons (Fsp3) is 0.333. The first kappa shape index (κ1) is 15.0. The minimum absolute atomic E-state index is 0.615. The van der Waals surface area contributed by atoms with Gasteiger partial charge >= 0.3 is 0 Å². The number of rotatable bonds is 7. The van der Waals surface area contributed by atoms with Gasteiger partial charge in [-0.3, -0.25) is 0 Å². The Kier molecular flexibility index (Phi) is 5.56. The molecule has 5 heteroatoms. The van der Waals surface area contributed by atoms with Gasteiger partial charge in [0.05, 0.1) is 18.2 Å². The number of anilines is 1. The van der Waals surface area contributed by atoms with Crippen LogP contribution in [0.2, 0.25) is 5.02 Å². The normalized spacial score (nSPS) is 10.3. The molecule has 1 heterocycles. The van der Waals surface area contributed by atoms with E-state index in [4.69, 9.17) is 21.1 Å². The minimum atomic E-state index is 0.615. The summed E-state index contributed by atoms with van der Waals surface area (Å²) in [6.45, 7) is 5.91. The molecule has 1 aromatic carbocycles. The molecule has 0 spiro atoms. The topological polar surface area (TPSA) is 30.5 Å². The number of hydrogen-bond acceptors (Lipinski definition) is 4. The number of halogens is 1. The van der Waals surface area contributed by atoms with Crippen LogP contribution in [0.1, 0.15) is 18.7 Å². The monoisotopic (exact) mass is 311 g/mol. The van der Waals surface area contributed by atoms with E-state index in [1.807, 2.05) is 43.5 Å². The molecule has 1 N–H and O–H groups in total. The van der Waals surface area contributed by atoms with Crippen molar-refractivity contribution in [2.45, 2.75) is 20.4 Å². The maximum absolute atomic E-state index is 5.91. The van der Waals surface area contributed by atoms with E-state index in [9.17, 15) is 0 Å². The van der Waals surface area contributed by atoms with Crippen LogP contribution in [-0.4, -0.2) is 13.2 Å². The van der Waals surface area contributed by atoms with E-state index < -0.39 is 0 Å². The van der Waals surface area contributed by atoms with Crippen molar-refractivity contribution in [2.24, 2.45) is 0 Å². The number of ether oxygens (including phenoxy) is 2. The van der Waals surface area contributed by atoms with Gasteiger partial charge in [0.1, 0.15) is 0 Å². The van der Waals surface area contributed by atoms with Gasteiger partial charge < -0.3 is 14.8 Å². The zero-order chi connectivity index (χ0) is 14.4. The summed E-state index contributed by atoms with van der Waals surface area (Å²) in [4.78, 5) is 1.20. The summed E-state index contributed by atoms with van der Waals surface area (Å²) in [7, 11) is 0. The van der Waals surface area contributed by atoms with Crippen molar-refractivity contribution < 1.29 is 9.47 Å². The molecular formula is C15H18ClNO2S. The molecule has 108 valence electrons. The van der Waals surface area contributed by atoms with E-state index >= 15 is 0 Å². The number of nitrogens with one attached hydrogen (secondary N) is 1. The summed E-state index contributed by atoms with van der Waals surface area (Å²) in [5.74, 6) is 1.54. The minimum Gasteiger partial charge on any atom is -0.490 e. The Balaban J connectivity index is 2.05. The molecule has 0 fully saturated rings. The quantitative estimate of drug-likeness (QED) is 0.796. The van der Waals surface area contributed by atoms with Crippen LogP contribution in [0.25, 0.3) is 0 Å². The molecule has 0 aliphatic heterocycles. The number of benzene rings is 1. The first-order valence-electron chi connectivity index (χ1n) is 6.59. The molecule has 3 nitrogen and oxygen atoms in total. The van der Waals surface area contributed by atoms with E-state index in [1.165, 1.54) is 4.88 Å². The molecule has 0 saturated carbocycles. The van der Waals surface area contributed by atoms with Crippen molar-refractivity contribution in [2.75, 3.05) is 18.5 Å². The second kappa shape index (κ2) is 7.41. The van der Waals surface area contributed by atoms with Crippen LogP contribution in [0.4, 0.5) is 5.69 Å². The molecule has 0 aliphatic rings. The molecule has 0 radical (unpaired) electrons. The summed E-state index contributed by atoms with van der Waals surface area (Å²) in [5.41, 5.74) is 1.00. The van der Waals surface area contributed by atoms with Crippen LogP contribution in [0.5, 0.6) is 11.5 Å². The Bertz CT molecular complexity index is 557. The van der Waals surface area contributed by atoms with Gasteiger partial charge in [0.25, 0.3) is 0 Å². The van der Waals surface area contributed by atoms with E-state index in [0.717, 1.165) is 28.8 Å². The van der Waals surface area contributed by atoms with Crippen molar-refractivity contribution in [3.8, 4) is 11.5 Å². The van der Waals surface area contributed by atoms with E-state index in [1.54, 1.807) is 11.3 Å². The van der Waals surface area contributed by atoms with E-state index in [-0.39, 0.29) is 0 Å². The average Bonchev–Trinajstić information content (AvgIpc) is 2.85. The van der Waals surface area contributed by atoms with Crippen molar-refractivity contribution in [3.63, 3.8) is 0 Å². The second-order valence-corrected chi connectivity index (χ2v) is 5.54. The highest BCUT2D eigenvalue weighted by molar-refractivity contribution is 7.10. The summed E-state index contributed by atoms with van der Waals surface area (Å²) in [6.07, 6.45) is 0. The zero-order valence-electron chi connectivity index (χ0n) is 11.6. The predicted molar refractivity (Wildman–Crippen MR) is 85.4 cm³/mol. The van der Waals surface area contributed by atoms with Crippen LogP contribution in [0.3, 0.4) is 0 Å². The third-order valence-corrected chi connectivity index (χ3v) is 3.92. The summed E-state index contributed by atoms with van der Waals surface area (Å²) >= 11 is 7.55. The molecule has 1 aromatic heterocycles. The van der Waals surface area contributed by atoms with Gasteiger partial charge in [0.2, 0.25) is 0 Å². The van der Waals surface area contributed by atoms with E-state index in [2.05, 4.69) is 5.32 Å². The van der Waals surface area contributed by atoms with Crippen LogP contribution in [-0.2, 0) is 6.54 Å². The van der Waals surface area contributed by atoms with Gasteiger partial charge in [0.15, 0.2) is 11.5 Å². The standard InChI is InChI=1S/C15H18ClNO2S/c1-3-18-14-6-5-12(8-15(14)19-4-2)17-9-13-7-11(16)10-20-13/h5-8,10,17H,3-4,9H2,1-2H3. The Morgan fingerprint density at radius 3 is 2.50 bits per heavy atom. The third-order valence-electron chi connectivity index (χ3n) is 2.63. The lowest BCUT2D eigenvalue weighted by Crippen LogP contribution is -2.01. The molecule has 0 atom stereocenters. The van der Waals surface area contributed by atoms with Gasteiger partial charge in [-0.1, -0.05) is 11.6 Å². The Morgan fingerprint density at radius 2 is 1.85 bits per heavy atom. The lowest BCUT2D eigenvalue weighted by atomic mass is 10.2. The Morgan fingerprint density at radius 1 is 1.10 bits per heavy atom. The maximum Gasteiger partial charge on any atom is 0.163 e. The number of hydrogen-bond donors (Lipinski definition) is 1. The van der Waals surface area contributed by atoms with Crippen molar-refractivity contribution >= 4 is 28.6 Å². The van der Waals surface area contributed by atoms with Crippen LogP contribution in [0.15, 0.2) is 29.6 Å².